The Morgan fingerprint density at radius 2 is 1.90 bits per heavy atom. The van der Waals surface area contributed by atoms with E-state index in [-0.39, 0.29) is 11.6 Å². The van der Waals surface area contributed by atoms with Crippen LogP contribution in [0.25, 0.3) is 11.3 Å². The van der Waals surface area contributed by atoms with Crippen LogP contribution in [0, 0.1) is 0 Å². The van der Waals surface area contributed by atoms with Gasteiger partial charge in [0.25, 0.3) is 5.91 Å². The summed E-state index contributed by atoms with van der Waals surface area (Å²) in [5.74, 6) is -0.00439. The molecule has 2 aromatic heterocycles. The van der Waals surface area contributed by atoms with Gasteiger partial charge in [0, 0.05) is 21.8 Å². The summed E-state index contributed by atoms with van der Waals surface area (Å²) in [5.41, 5.74) is 2.39. The predicted octanol–water partition coefficient (Wildman–Crippen LogP) is 6.30. The third kappa shape index (κ3) is 4.54. The molecule has 152 valence electrons. The smallest absolute Gasteiger partial charge is 0.274 e. The van der Waals surface area contributed by atoms with Crippen molar-refractivity contribution in [2.45, 2.75) is 6.54 Å². The molecule has 0 radical (unpaired) electrons. The van der Waals surface area contributed by atoms with Crippen molar-refractivity contribution < 1.29 is 4.79 Å². The molecule has 0 saturated heterocycles. The zero-order chi connectivity index (χ0) is 21.3. The molecule has 0 aliphatic rings. The Hall–Kier alpha value is -2.32. The zero-order valence-electron chi connectivity index (χ0n) is 15.2. The van der Waals surface area contributed by atoms with Crippen LogP contribution in [-0.2, 0) is 6.54 Å². The molecular weight excluding hydrogens is 513 g/mol. The summed E-state index contributed by atoms with van der Waals surface area (Å²) >= 11 is 21.8. The van der Waals surface area contributed by atoms with Crippen molar-refractivity contribution in [3.63, 3.8) is 0 Å². The van der Waals surface area contributed by atoms with Crippen molar-refractivity contribution in [2.24, 2.45) is 0 Å². The number of hydrogen-bond acceptors (Lipinski definition) is 3. The van der Waals surface area contributed by atoms with E-state index in [1.54, 1.807) is 35.1 Å². The highest BCUT2D eigenvalue weighted by atomic mass is 79.9. The second-order valence-electron chi connectivity index (χ2n) is 6.36. The minimum Gasteiger partial charge on any atom is -0.303 e. The highest BCUT2D eigenvalue weighted by Gasteiger charge is 2.16. The highest BCUT2D eigenvalue weighted by molar-refractivity contribution is 9.10. The molecule has 1 amide bonds. The van der Waals surface area contributed by atoms with Crippen LogP contribution in [0.4, 0.5) is 5.82 Å². The van der Waals surface area contributed by atoms with Crippen molar-refractivity contribution in [1.82, 2.24) is 20.0 Å². The van der Waals surface area contributed by atoms with Gasteiger partial charge in [-0.3, -0.25) is 14.6 Å². The maximum Gasteiger partial charge on any atom is 0.274 e. The fourth-order valence-corrected chi connectivity index (χ4v) is 3.93. The van der Waals surface area contributed by atoms with Gasteiger partial charge in [0.1, 0.15) is 5.69 Å². The van der Waals surface area contributed by atoms with E-state index in [1.807, 2.05) is 24.3 Å². The van der Waals surface area contributed by atoms with Crippen LogP contribution in [0.1, 0.15) is 16.1 Å². The lowest BCUT2D eigenvalue weighted by atomic mass is 10.1. The van der Waals surface area contributed by atoms with Gasteiger partial charge >= 0.3 is 0 Å². The molecule has 2 N–H and O–H groups in total. The van der Waals surface area contributed by atoms with Gasteiger partial charge in [-0.1, -0.05) is 53.0 Å². The SMILES string of the molecule is O=C(Nc1nn(Cc2ccccc2Cl)cc1Br)c1cc(-c2ccc(Cl)cc2Cl)n[nH]1. The van der Waals surface area contributed by atoms with Gasteiger partial charge in [-0.2, -0.15) is 10.2 Å². The Balaban J connectivity index is 1.50. The van der Waals surface area contributed by atoms with E-state index in [9.17, 15) is 4.79 Å². The van der Waals surface area contributed by atoms with Crippen molar-refractivity contribution in [3.05, 3.63) is 85.5 Å². The van der Waals surface area contributed by atoms with Gasteiger partial charge in [0.05, 0.1) is 21.7 Å². The largest absolute Gasteiger partial charge is 0.303 e. The molecule has 0 fully saturated rings. The average Bonchev–Trinajstić information content (AvgIpc) is 3.31. The number of amides is 1. The lowest BCUT2D eigenvalue weighted by molar-refractivity contribution is 0.102. The molecule has 0 aliphatic carbocycles. The molecule has 0 spiro atoms. The summed E-state index contributed by atoms with van der Waals surface area (Å²) in [6.07, 6.45) is 1.77. The van der Waals surface area contributed by atoms with Gasteiger partial charge < -0.3 is 5.32 Å². The molecule has 0 aliphatic heterocycles. The van der Waals surface area contributed by atoms with E-state index in [4.69, 9.17) is 34.8 Å². The summed E-state index contributed by atoms with van der Waals surface area (Å²) in [7, 11) is 0. The van der Waals surface area contributed by atoms with Crippen molar-refractivity contribution in [3.8, 4) is 11.3 Å². The van der Waals surface area contributed by atoms with E-state index in [2.05, 4.69) is 36.5 Å². The third-order valence-electron chi connectivity index (χ3n) is 4.27. The Kier molecular flexibility index (Phi) is 6.15. The number of aromatic amines is 1. The maximum atomic E-state index is 12.6. The minimum absolute atomic E-state index is 0.267. The van der Waals surface area contributed by atoms with E-state index in [0.717, 1.165) is 5.56 Å². The van der Waals surface area contributed by atoms with Crippen LogP contribution in [0.15, 0.2) is 59.2 Å². The Bertz CT molecular complexity index is 1240. The fraction of sp³-hybridized carbons (Fsp3) is 0.0500. The lowest BCUT2D eigenvalue weighted by Crippen LogP contribution is -2.13. The quantitative estimate of drug-likeness (QED) is 0.321. The summed E-state index contributed by atoms with van der Waals surface area (Å²) in [4.78, 5) is 12.6. The van der Waals surface area contributed by atoms with Gasteiger partial charge in [0.2, 0.25) is 0 Å². The van der Waals surface area contributed by atoms with Crippen molar-refractivity contribution >= 4 is 62.5 Å². The predicted molar refractivity (Wildman–Crippen MR) is 122 cm³/mol. The number of rotatable bonds is 5. The first-order valence-electron chi connectivity index (χ1n) is 8.69. The van der Waals surface area contributed by atoms with Crippen LogP contribution in [0.5, 0.6) is 0 Å². The number of carbonyl (C=O) groups excluding carboxylic acids is 1. The van der Waals surface area contributed by atoms with Crippen molar-refractivity contribution in [1.29, 1.82) is 0 Å². The Labute approximate surface area is 195 Å². The first-order valence-corrected chi connectivity index (χ1v) is 10.6. The average molecular weight is 526 g/mol. The minimum atomic E-state index is -0.387. The molecule has 2 aromatic carbocycles. The van der Waals surface area contributed by atoms with Crippen LogP contribution >= 0.6 is 50.7 Å². The van der Waals surface area contributed by atoms with Gasteiger partial charge in [-0.05, 0) is 51.8 Å². The second-order valence-corrected chi connectivity index (χ2v) is 8.46. The number of halogens is 4. The first-order chi connectivity index (χ1) is 14.4. The van der Waals surface area contributed by atoms with E-state index in [0.29, 0.717) is 43.2 Å². The van der Waals surface area contributed by atoms with Gasteiger partial charge in [-0.25, -0.2) is 0 Å². The molecule has 10 heteroatoms. The molecule has 0 unspecified atom stereocenters. The summed E-state index contributed by atoms with van der Waals surface area (Å²) in [6, 6.07) is 14.2. The van der Waals surface area contributed by atoms with Crippen LogP contribution in [0.2, 0.25) is 15.1 Å². The monoisotopic (exact) mass is 523 g/mol. The Morgan fingerprint density at radius 1 is 1.10 bits per heavy atom. The molecule has 0 saturated carbocycles. The zero-order valence-corrected chi connectivity index (χ0v) is 19.0. The summed E-state index contributed by atoms with van der Waals surface area (Å²) < 4.78 is 2.33. The number of nitrogens with one attached hydrogen (secondary N) is 2. The number of H-pyrrole nitrogens is 1. The molecule has 6 nitrogen and oxygen atoms in total. The molecule has 2 heterocycles. The van der Waals surface area contributed by atoms with Crippen LogP contribution in [0.3, 0.4) is 0 Å². The summed E-state index contributed by atoms with van der Waals surface area (Å²) in [6.45, 7) is 0.470. The second kappa shape index (κ2) is 8.81. The standard InChI is InChI=1S/C20H13BrCl3N5O/c21-14-10-29(9-11-3-1-2-4-15(11)23)28-19(14)25-20(30)18-8-17(26-27-18)13-6-5-12(22)7-16(13)24/h1-8,10H,9H2,(H,26,27)(H,25,28,30). The first kappa shape index (κ1) is 20.9. The van der Waals surface area contributed by atoms with E-state index in [1.165, 1.54) is 0 Å². The fourth-order valence-electron chi connectivity index (χ4n) is 2.81. The molecule has 4 rings (SSSR count). The van der Waals surface area contributed by atoms with Gasteiger partial charge in [-0.15, -0.1) is 0 Å². The molecule has 0 bridgehead atoms. The van der Waals surface area contributed by atoms with Crippen LogP contribution < -0.4 is 5.32 Å². The van der Waals surface area contributed by atoms with E-state index >= 15 is 0 Å². The number of anilines is 1. The molecule has 4 aromatic rings. The summed E-state index contributed by atoms with van der Waals surface area (Å²) in [5, 5.41) is 15.7. The number of benzene rings is 2. The molecular formula is C20H13BrCl3N5O. The highest BCUT2D eigenvalue weighted by Crippen LogP contribution is 2.29. The third-order valence-corrected chi connectivity index (χ3v) is 5.77. The normalized spacial score (nSPS) is 10.9. The number of aromatic nitrogens is 4. The molecule has 30 heavy (non-hydrogen) atoms. The van der Waals surface area contributed by atoms with Crippen LogP contribution in [-0.4, -0.2) is 25.9 Å². The van der Waals surface area contributed by atoms with Crippen molar-refractivity contribution in [2.75, 3.05) is 5.32 Å². The maximum absolute atomic E-state index is 12.6. The number of nitrogens with zero attached hydrogens (tertiary/aromatic N) is 3. The Morgan fingerprint density at radius 3 is 2.67 bits per heavy atom. The van der Waals surface area contributed by atoms with Gasteiger partial charge in [0.15, 0.2) is 5.82 Å². The lowest BCUT2D eigenvalue weighted by Gasteiger charge is -2.04. The molecule has 0 atom stereocenters. The van der Waals surface area contributed by atoms with E-state index < -0.39 is 0 Å². The topological polar surface area (TPSA) is 75.6 Å². The number of hydrogen-bond donors (Lipinski definition) is 2. The number of carbonyl (C=O) groups is 1.